The number of aryl methyl sites for hydroxylation is 1. The zero-order chi connectivity index (χ0) is 14.8. The van der Waals surface area contributed by atoms with Gasteiger partial charge in [0.2, 0.25) is 0 Å². The number of hydrogen-bond donors (Lipinski definition) is 2. The molecule has 0 bridgehead atoms. The quantitative estimate of drug-likeness (QED) is 0.379. The van der Waals surface area contributed by atoms with Gasteiger partial charge in [0, 0.05) is 18.5 Å². The predicted molar refractivity (Wildman–Crippen MR) is 104 cm³/mol. The van der Waals surface area contributed by atoms with E-state index in [9.17, 15) is 0 Å². The van der Waals surface area contributed by atoms with E-state index in [1.807, 2.05) is 0 Å². The van der Waals surface area contributed by atoms with Gasteiger partial charge in [-0.3, -0.25) is 0 Å². The molecule has 0 saturated carbocycles. The fraction of sp³-hybridized carbons (Fsp3) is 0.733. The Bertz CT molecular complexity index is 402. The van der Waals surface area contributed by atoms with Gasteiger partial charge in [-0.05, 0) is 19.3 Å². The molecule has 0 aliphatic rings. The molecule has 0 saturated heterocycles. The Morgan fingerprint density at radius 2 is 1.95 bits per heavy atom. The van der Waals surface area contributed by atoms with Crippen molar-refractivity contribution in [3.05, 3.63) is 16.1 Å². The van der Waals surface area contributed by atoms with Gasteiger partial charge in [0.05, 0.1) is 17.2 Å². The first-order chi connectivity index (χ1) is 9.73. The van der Waals surface area contributed by atoms with E-state index in [1.54, 1.807) is 11.3 Å². The van der Waals surface area contributed by atoms with Gasteiger partial charge in [0.15, 0.2) is 5.96 Å². The maximum Gasteiger partial charge on any atom is 0.191 e. The Balaban J connectivity index is 0.00000400. The van der Waals surface area contributed by atoms with Gasteiger partial charge in [-0.25, -0.2) is 9.98 Å². The van der Waals surface area contributed by atoms with Crippen LogP contribution in [0.3, 0.4) is 0 Å². The molecule has 0 spiro atoms. The Kier molecular flexibility index (Phi) is 12.0. The van der Waals surface area contributed by atoms with Crippen molar-refractivity contribution >= 4 is 41.3 Å². The van der Waals surface area contributed by atoms with Crippen molar-refractivity contribution < 1.29 is 0 Å². The van der Waals surface area contributed by atoms with Crippen LogP contribution in [0.15, 0.2) is 10.4 Å². The van der Waals surface area contributed by atoms with Gasteiger partial charge in [0.1, 0.15) is 0 Å². The van der Waals surface area contributed by atoms with Gasteiger partial charge < -0.3 is 10.6 Å². The maximum atomic E-state index is 4.61. The van der Waals surface area contributed by atoms with Crippen LogP contribution < -0.4 is 10.6 Å². The van der Waals surface area contributed by atoms with Crippen LogP contribution in [0, 0.1) is 5.92 Å². The largest absolute Gasteiger partial charge is 0.357 e. The lowest BCUT2D eigenvalue weighted by molar-refractivity contribution is 0.481. The highest BCUT2D eigenvalue weighted by atomic mass is 127. The minimum atomic E-state index is 0. The maximum absolute atomic E-state index is 4.61. The number of nitrogens with one attached hydrogen (secondary N) is 2. The Morgan fingerprint density at radius 1 is 1.24 bits per heavy atom. The summed E-state index contributed by atoms with van der Waals surface area (Å²) in [6.45, 7) is 11.2. The molecular weight excluding hydrogens is 395 g/mol. The zero-order valence-corrected chi connectivity index (χ0v) is 16.8. The lowest BCUT2D eigenvalue weighted by Crippen LogP contribution is -2.39. The Labute approximate surface area is 150 Å². The first-order valence-electron chi connectivity index (χ1n) is 7.68. The number of hydrogen-bond acceptors (Lipinski definition) is 3. The third-order valence-electron chi connectivity index (χ3n) is 3.36. The minimum Gasteiger partial charge on any atom is -0.357 e. The average molecular weight is 424 g/mol. The van der Waals surface area contributed by atoms with Crippen molar-refractivity contribution in [1.29, 1.82) is 0 Å². The number of guanidine groups is 1. The monoisotopic (exact) mass is 424 g/mol. The third-order valence-corrected chi connectivity index (χ3v) is 4.40. The number of rotatable bonds is 8. The van der Waals surface area contributed by atoms with Crippen molar-refractivity contribution in [3.8, 4) is 0 Å². The Morgan fingerprint density at radius 3 is 2.48 bits per heavy atom. The van der Waals surface area contributed by atoms with E-state index in [0.717, 1.165) is 31.2 Å². The predicted octanol–water partition coefficient (Wildman–Crippen LogP) is 3.81. The molecule has 0 amide bonds. The van der Waals surface area contributed by atoms with E-state index >= 15 is 0 Å². The number of halogens is 1. The van der Waals surface area contributed by atoms with E-state index in [1.165, 1.54) is 17.8 Å². The second-order valence-corrected chi connectivity index (χ2v) is 5.79. The van der Waals surface area contributed by atoms with E-state index in [-0.39, 0.29) is 24.0 Å². The van der Waals surface area contributed by atoms with E-state index in [2.05, 4.69) is 53.7 Å². The SMILES string of the molecule is CCNC(=NCc1csc(CC)n1)NCC(CC)CC.I. The zero-order valence-electron chi connectivity index (χ0n) is 13.6. The smallest absolute Gasteiger partial charge is 0.191 e. The molecule has 1 aromatic rings. The molecule has 1 rings (SSSR count). The number of nitrogens with zero attached hydrogens (tertiary/aromatic N) is 2. The van der Waals surface area contributed by atoms with Crippen LogP contribution in [0.5, 0.6) is 0 Å². The van der Waals surface area contributed by atoms with Crippen LogP contribution in [0.2, 0.25) is 0 Å². The molecule has 1 aromatic heterocycles. The standard InChI is InChI=1S/C15H28N4S.HI/c1-5-12(6-2)9-17-15(16-8-4)18-10-13-11-20-14(7-3)19-13;/h11-12H,5-10H2,1-4H3,(H2,16,17,18);1H. The summed E-state index contributed by atoms with van der Waals surface area (Å²) < 4.78 is 0. The minimum absolute atomic E-state index is 0. The number of aromatic nitrogens is 1. The lowest BCUT2D eigenvalue weighted by Gasteiger charge is -2.16. The van der Waals surface area contributed by atoms with Crippen LogP contribution in [-0.2, 0) is 13.0 Å². The molecule has 0 unspecified atom stereocenters. The Hall–Kier alpha value is -0.370. The van der Waals surface area contributed by atoms with Crippen LogP contribution in [0.25, 0.3) is 0 Å². The highest BCUT2D eigenvalue weighted by Gasteiger charge is 2.05. The fourth-order valence-corrected chi connectivity index (χ4v) is 2.64. The van der Waals surface area contributed by atoms with Crippen LogP contribution in [-0.4, -0.2) is 24.0 Å². The molecule has 0 atom stereocenters. The highest BCUT2D eigenvalue weighted by Crippen LogP contribution is 2.11. The topological polar surface area (TPSA) is 49.3 Å². The molecule has 2 N–H and O–H groups in total. The van der Waals surface area contributed by atoms with Crippen molar-refractivity contribution in [2.75, 3.05) is 13.1 Å². The molecular formula is C15H29IN4S. The number of thiazole rings is 1. The van der Waals surface area contributed by atoms with Gasteiger partial charge in [-0.2, -0.15) is 0 Å². The van der Waals surface area contributed by atoms with Gasteiger partial charge >= 0.3 is 0 Å². The summed E-state index contributed by atoms with van der Waals surface area (Å²) in [6.07, 6.45) is 3.41. The molecule has 1 heterocycles. The van der Waals surface area contributed by atoms with Crippen molar-refractivity contribution in [3.63, 3.8) is 0 Å². The molecule has 0 aromatic carbocycles. The summed E-state index contributed by atoms with van der Waals surface area (Å²) >= 11 is 1.72. The first kappa shape index (κ1) is 20.6. The molecule has 122 valence electrons. The second kappa shape index (κ2) is 12.2. The fourth-order valence-electron chi connectivity index (χ4n) is 1.90. The lowest BCUT2D eigenvalue weighted by atomic mass is 10.0. The molecule has 0 aliphatic carbocycles. The van der Waals surface area contributed by atoms with E-state index in [0.29, 0.717) is 12.5 Å². The van der Waals surface area contributed by atoms with Crippen molar-refractivity contribution in [2.24, 2.45) is 10.9 Å². The van der Waals surface area contributed by atoms with Gasteiger partial charge in [-0.1, -0.05) is 33.6 Å². The van der Waals surface area contributed by atoms with E-state index < -0.39 is 0 Å². The normalized spacial score (nSPS) is 11.4. The van der Waals surface area contributed by atoms with Gasteiger partial charge in [-0.15, -0.1) is 35.3 Å². The summed E-state index contributed by atoms with van der Waals surface area (Å²) in [6, 6.07) is 0. The van der Waals surface area contributed by atoms with Crippen LogP contribution >= 0.6 is 35.3 Å². The summed E-state index contributed by atoms with van der Waals surface area (Å²) in [5.41, 5.74) is 1.06. The van der Waals surface area contributed by atoms with Crippen molar-refractivity contribution in [2.45, 2.75) is 53.5 Å². The summed E-state index contributed by atoms with van der Waals surface area (Å²) in [5.74, 6) is 1.61. The molecule has 0 aliphatic heterocycles. The highest BCUT2D eigenvalue weighted by molar-refractivity contribution is 14.0. The van der Waals surface area contributed by atoms with E-state index in [4.69, 9.17) is 0 Å². The number of aliphatic imine (C=N–C) groups is 1. The van der Waals surface area contributed by atoms with Crippen LogP contribution in [0.1, 0.15) is 51.2 Å². The molecule has 0 radical (unpaired) electrons. The van der Waals surface area contributed by atoms with Crippen molar-refractivity contribution in [1.82, 2.24) is 15.6 Å². The molecule has 21 heavy (non-hydrogen) atoms. The van der Waals surface area contributed by atoms with Gasteiger partial charge in [0.25, 0.3) is 0 Å². The molecule has 6 heteroatoms. The molecule has 0 fully saturated rings. The second-order valence-electron chi connectivity index (χ2n) is 4.84. The third kappa shape index (κ3) is 7.99. The molecule has 4 nitrogen and oxygen atoms in total. The summed E-state index contributed by atoms with van der Waals surface area (Å²) in [5, 5.41) is 10.0. The summed E-state index contributed by atoms with van der Waals surface area (Å²) in [4.78, 5) is 9.15. The average Bonchev–Trinajstić information content (AvgIpc) is 2.93. The van der Waals surface area contributed by atoms with Crippen LogP contribution in [0.4, 0.5) is 0 Å². The summed E-state index contributed by atoms with van der Waals surface area (Å²) in [7, 11) is 0. The first-order valence-corrected chi connectivity index (χ1v) is 8.56.